The number of amides is 1. The van der Waals surface area contributed by atoms with Crippen LogP contribution in [0.3, 0.4) is 0 Å². The fourth-order valence-corrected chi connectivity index (χ4v) is 1.64. The van der Waals surface area contributed by atoms with E-state index in [-0.39, 0.29) is 5.91 Å². The fraction of sp³-hybridized carbons (Fsp3) is 0.917. The lowest BCUT2D eigenvalue weighted by atomic mass is 9.80. The summed E-state index contributed by atoms with van der Waals surface area (Å²) in [7, 11) is 0. The van der Waals surface area contributed by atoms with E-state index in [9.17, 15) is 9.90 Å². The van der Waals surface area contributed by atoms with Crippen LogP contribution in [-0.2, 0) is 9.53 Å². The Labute approximate surface area is 97.4 Å². The van der Waals surface area contributed by atoms with Crippen LogP contribution < -0.4 is 5.32 Å². The van der Waals surface area contributed by atoms with E-state index in [2.05, 4.69) is 12.2 Å². The molecule has 94 valence electrons. The Morgan fingerprint density at radius 3 is 2.75 bits per heavy atom. The van der Waals surface area contributed by atoms with Gasteiger partial charge in [-0.05, 0) is 32.6 Å². The Hall–Kier alpha value is -0.610. The summed E-state index contributed by atoms with van der Waals surface area (Å²) in [6.45, 7) is 4.80. The molecule has 1 unspecified atom stereocenters. The average Bonchev–Trinajstić information content (AvgIpc) is 2.23. The topological polar surface area (TPSA) is 58.6 Å². The first-order chi connectivity index (χ1) is 7.57. The molecule has 1 rings (SSSR count). The lowest BCUT2D eigenvalue weighted by Crippen LogP contribution is -2.49. The third-order valence-electron chi connectivity index (χ3n) is 3.11. The second-order valence-corrected chi connectivity index (χ2v) is 4.66. The molecule has 0 aliphatic heterocycles. The molecule has 0 radical (unpaired) electrons. The Bertz CT molecular complexity index is 226. The summed E-state index contributed by atoms with van der Waals surface area (Å²) in [5.41, 5.74) is -0.654. The number of unbranched alkanes of at least 4 members (excludes halogenated alkanes) is 1. The van der Waals surface area contributed by atoms with Gasteiger partial charge in [0.25, 0.3) is 0 Å². The Morgan fingerprint density at radius 1 is 1.56 bits per heavy atom. The van der Waals surface area contributed by atoms with Crippen LogP contribution in [-0.4, -0.2) is 35.9 Å². The van der Waals surface area contributed by atoms with Crippen LogP contribution in [0.5, 0.6) is 0 Å². The second-order valence-electron chi connectivity index (χ2n) is 4.66. The van der Waals surface area contributed by atoms with Crippen molar-refractivity contribution in [2.24, 2.45) is 0 Å². The summed E-state index contributed by atoms with van der Waals surface area (Å²) >= 11 is 0. The summed E-state index contributed by atoms with van der Waals surface area (Å²) in [5, 5.41) is 12.5. The zero-order valence-electron chi connectivity index (χ0n) is 10.3. The molecule has 0 aromatic rings. The second kappa shape index (κ2) is 6.21. The summed E-state index contributed by atoms with van der Waals surface area (Å²) in [4.78, 5) is 11.6. The molecule has 1 saturated carbocycles. The molecule has 1 aliphatic rings. The molecule has 0 bridgehead atoms. The van der Waals surface area contributed by atoms with Crippen molar-refractivity contribution in [3.8, 4) is 0 Å². The highest BCUT2D eigenvalue weighted by Gasteiger charge is 2.34. The van der Waals surface area contributed by atoms with Gasteiger partial charge in [-0.2, -0.15) is 0 Å². The van der Waals surface area contributed by atoms with Crippen molar-refractivity contribution in [3.63, 3.8) is 0 Å². The lowest BCUT2D eigenvalue weighted by Gasteiger charge is -2.36. The predicted molar refractivity (Wildman–Crippen MR) is 62.1 cm³/mol. The van der Waals surface area contributed by atoms with Gasteiger partial charge in [0.1, 0.15) is 6.10 Å². The van der Waals surface area contributed by atoms with Crippen LogP contribution in [0.15, 0.2) is 0 Å². The van der Waals surface area contributed by atoms with E-state index in [1.54, 1.807) is 6.92 Å². The van der Waals surface area contributed by atoms with Gasteiger partial charge in [-0.3, -0.25) is 4.79 Å². The van der Waals surface area contributed by atoms with E-state index in [0.29, 0.717) is 13.2 Å². The highest BCUT2D eigenvalue weighted by atomic mass is 16.5. The minimum absolute atomic E-state index is 0.128. The summed E-state index contributed by atoms with van der Waals surface area (Å²) in [5.74, 6) is -0.128. The Morgan fingerprint density at radius 2 is 2.25 bits per heavy atom. The number of ether oxygens (including phenoxy) is 1. The van der Waals surface area contributed by atoms with Gasteiger partial charge in [-0.15, -0.1) is 0 Å². The number of carbonyl (C=O) groups is 1. The maximum absolute atomic E-state index is 11.6. The first-order valence-electron chi connectivity index (χ1n) is 6.19. The number of aliphatic hydroxyl groups is 1. The number of carbonyl (C=O) groups excluding carboxylic acids is 1. The third kappa shape index (κ3) is 4.10. The van der Waals surface area contributed by atoms with Crippen LogP contribution in [0.4, 0.5) is 0 Å². The molecular weight excluding hydrogens is 206 g/mol. The van der Waals surface area contributed by atoms with Gasteiger partial charge in [0.15, 0.2) is 0 Å². The molecule has 1 aliphatic carbocycles. The fourth-order valence-electron chi connectivity index (χ4n) is 1.64. The first-order valence-corrected chi connectivity index (χ1v) is 6.19. The van der Waals surface area contributed by atoms with Crippen molar-refractivity contribution in [2.75, 3.05) is 13.2 Å². The largest absolute Gasteiger partial charge is 0.388 e. The molecule has 2 N–H and O–H groups in total. The van der Waals surface area contributed by atoms with Crippen LogP contribution in [0, 0.1) is 0 Å². The maximum atomic E-state index is 11.6. The number of rotatable bonds is 7. The molecule has 1 fully saturated rings. The molecule has 0 heterocycles. The van der Waals surface area contributed by atoms with E-state index in [4.69, 9.17) is 4.74 Å². The maximum Gasteiger partial charge on any atom is 0.248 e. The summed E-state index contributed by atoms with van der Waals surface area (Å²) in [6, 6.07) is 0. The van der Waals surface area contributed by atoms with Gasteiger partial charge < -0.3 is 15.2 Å². The van der Waals surface area contributed by atoms with E-state index >= 15 is 0 Å². The van der Waals surface area contributed by atoms with Crippen molar-refractivity contribution in [2.45, 2.75) is 57.7 Å². The molecule has 0 aromatic heterocycles. The summed E-state index contributed by atoms with van der Waals surface area (Å²) in [6.07, 6.45) is 4.25. The number of hydrogen-bond donors (Lipinski definition) is 2. The molecule has 0 aromatic carbocycles. The van der Waals surface area contributed by atoms with Gasteiger partial charge in [-0.1, -0.05) is 13.3 Å². The van der Waals surface area contributed by atoms with E-state index < -0.39 is 11.7 Å². The smallest absolute Gasteiger partial charge is 0.248 e. The molecule has 4 nitrogen and oxygen atoms in total. The summed E-state index contributed by atoms with van der Waals surface area (Å²) < 4.78 is 5.37. The zero-order valence-corrected chi connectivity index (χ0v) is 10.3. The zero-order chi connectivity index (χ0) is 12.0. The van der Waals surface area contributed by atoms with Crippen molar-refractivity contribution in [1.82, 2.24) is 5.32 Å². The molecule has 1 amide bonds. The molecule has 0 saturated heterocycles. The lowest BCUT2D eigenvalue weighted by molar-refractivity contribution is -0.134. The number of nitrogens with one attached hydrogen (secondary N) is 1. The van der Waals surface area contributed by atoms with Crippen molar-refractivity contribution < 1.29 is 14.6 Å². The van der Waals surface area contributed by atoms with E-state index in [1.165, 1.54) is 0 Å². The van der Waals surface area contributed by atoms with Crippen molar-refractivity contribution >= 4 is 5.91 Å². The van der Waals surface area contributed by atoms with Crippen LogP contribution in [0.1, 0.15) is 46.0 Å². The van der Waals surface area contributed by atoms with E-state index in [1.807, 2.05) is 0 Å². The monoisotopic (exact) mass is 229 g/mol. The van der Waals surface area contributed by atoms with Gasteiger partial charge in [0.2, 0.25) is 5.91 Å². The molecule has 0 spiro atoms. The normalized spacial score (nSPS) is 19.9. The standard InChI is InChI=1S/C12H23NO3/c1-3-4-8-16-10(2)11(14)13-9-12(15)6-5-7-12/h10,15H,3-9H2,1-2H3,(H,13,14). The van der Waals surface area contributed by atoms with Crippen molar-refractivity contribution in [1.29, 1.82) is 0 Å². The molecular formula is C12H23NO3. The predicted octanol–water partition coefficient (Wildman–Crippen LogP) is 1.22. The van der Waals surface area contributed by atoms with Crippen LogP contribution in [0.2, 0.25) is 0 Å². The van der Waals surface area contributed by atoms with Gasteiger partial charge >= 0.3 is 0 Å². The van der Waals surface area contributed by atoms with Crippen LogP contribution >= 0.6 is 0 Å². The Balaban J connectivity index is 2.13. The minimum atomic E-state index is -0.654. The van der Waals surface area contributed by atoms with Crippen LogP contribution in [0.25, 0.3) is 0 Å². The quantitative estimate of drug-likeness (QED) is 0.645. The highest BCUT2D eigenvalue weighted by Crippen LogP contribution is 2.30. The van der Waals surface area contributed by atoms with Gasteiger partial charge in [0, 0.05) is 13.2 Å². The molecule has 1 atom stereocenters. The highest BCUT2D eigenvalue weighted by molar-refractivity contribution is 5.80. The minimum Gasteiger partial charge on any atom is -0.388 e. The number of hydrogen-bond acceptors (Lipinski definition) is 3. The average molecular weight is 229 g/mol. The SMILES string of the molecule is CCCCOC(C)C(=O)NCC1(O)CCC1. The first kappa shape index (κ1) is 13.5. The third-order valence-corrected chi connectivity index (χ3v) is 3.11. The molecule has 16 heavy (non-hydrogen) atoms. The van der Waals surface area contributed by atoms with E-state index in [0.717, 1.165) is 32.1 Å². The molecule has 4 heteroatoms. The van der Waals surface area contributed by atoms with Gasteiger partial charge in [0.05, 0.1) is 5.60 Å². The van der Waals surface area contributed by atoms with Crippen molar-refractivity contribution in [3.05, 3.63) is 0 Å². The van der Waals surface area contributed by atoms with Gasteiger partial charge in [-0.25, -0.2) is 0 Å². The Kier molecular flexibility index (Phi) is 5.22.